The minimum atomic E-state index is -0.0775. The number of alkyl halides is 1. The molecule has 13 heavy (non-hydrogen) atoms. The molecule has 4 heteroatoms. The van der Waals surface area contributed by atoms with Gasteiger partial charge in [-0.2, -0.15) is 0 Å². The molecule has 1 amide bonds. The molecule has 3 nitrogen and oxygen atoms in total. The number of carbonyl (C=O) groups is 1. The van der Waals surface area contributed by atoms with E-state index < -0.39 is 0 Å². The molecule has 0 aliphatic heterocycles. The maximum Gasteiger partial charge on any atom is 0.246 e. The zero-order chi connectivity index (χ0) is 10.3. The SMILES string of the molecule is CC(CCCl)NC(=O)COC(C)C. The Balaban J connectivity index is 3.50. The molecule has 0 heterocycles. The molecule has 0 saturated carbocycles. The van der Waals surface area contributed by atoms with Crippen LogP contribution < -0.4 is 5.32 Å². The summed E-state index contributed by atoms with van der Waals surface area (Å²) >= 11 is 5.52. The van der Waals surface area contributed by atoms with E-state index in [-0.39, 0.29) is 24.7 Å². The third kappa shape index (κ3) is 8.06. The summed E-state index contributed by atoms with van der Waals surface area (Å²) in [6, 6.07) is 0.126. The number of rotatable bonds is 6. The van der Waals surface area contributed by atoms with Crippen molar-refractivity contribution >= 4 is 17.5 Å². The maximum atomic E-state index is 11.2. The number of amides is 1. The van der Waals surface area contributed by atoms with E-state index in [0.29, 0.717) is 5.88 Å². The molecule has 0 rings (SSSR count). The Bertz CT molecular complexity index is 151. The highest BCUT2D eigenvalue weighted by Crippen LogP contribution is 1.93. The standard InChI is InChI=1S/C9H18ClNO2/c1-7(2)13-6-9(12)11-8(3)4-5-10/h7-8H,4-6H2,1-3H3,(H,11,12). The Morgan fingerprint density at radius 2 is 2.08 bits per heavy atom. The first-order valence-electron chi connectivity index (χ1n) is 4.53. The summed E-state index contributed by atoms with van der Waals surface area (Å²) in [4.78, 5) is 11.2. The van der Waals surface area contributed by atoms with Gasteiger partial charge in [0.15, 0.2) is 0 Å². The van der Waals surface area contributed by atoms with Crippen LogP contribution in [0, 0.1) is 0 Å². The maximum absolute atomic E-state index is 11.2. The Morgan fingerprint density at radius 1 is 1.46 bits per heavy atom. The van der Waals surface area contributed by atoms with E-state index in [1.807, 2.05) is 20.8 Å². The Morgan fingerprint density at radius 3 is 2.54 bits per heavy atom. The molecule has 0 aromatic rings. The molecule has 0 saturated heterocycles. The minimum absolute atomic E-state index is 0.0775. The molecular weight excluding hydrogens is 190 g/mol. The molecule has 1 N–H and O–H groups in total. The summed E-state index contributed by atoms with van der Waals surface area (Å²) in [5.74, 6) is 0.485. The van der Waals surface area contributed by atoms with Gasteiger partial charge < -0.3 is 10.1 Å². The van der Waals surface area contributed by atoms with Crippen LogP contribution in [0.15, 0.2) is 0 Å². The van der Waals surface area contributed by atoms with Crippen LogP contribution in [-0.2, 0) is 9.53 Å². The fourth-order valence-electron chi connectivity index (χ4n) is 0.795. The van der Waals surface area contributed by atoms with Crippen molar-refractivity contribution in [1.82, 2.24) is 5.32 Å². The van der Waals surface area contributed by atoms with E-state index in [0.717, 1.165) is 6.42 Å². The molecule has 0 radical (unpaired) electrons. The normalized spacial score (nSPS) is 13.0. The quantitative estimate of drug-likeness (QED) is 0.672. The van der Waals surface area contributed by atoms with E-state index in [2.05, 4.69) is 5.32 Å². The van der Waals surface area contributed by atoms with Crippen molar-refractivity contribution < 1.29 is 9.53 Å². The van der Waals surface area contributed by atoms with Crippen molar-refractivity contribution in [2.24, 2.45) is 0 Å². The second-order valence-electron chi connectivity index (χ2n) is 3.31. The molecule has 0 aromatic heterocycles. The third-order valence-electron chi connectivity index (χ3n) is 1.50. The zero-order valence-corrected chi connectivity index (χ0v) is 9.23. The van der Waals surface area contributed by atoms with Crippen LogP contribution in [-0.4, -0.2) is 30.5 Å². The van der Waals surface area contributed by atoms with Gasteiger partial charge in [0.05, 0.1) is 6.10 Å². The van der Waals surface area contributed by atoms with Crippen molar-refractivity contribution in [3.05, 3.63) is 0 Å². The Kier molecular flexibility index (Phi) is 7.00. The molecule has 0 bridgehead atoms. The lowest BCUT2D eigenvalue weighted by molar-refractivity contribution is -0.127. The topological polar surface area (TPSA) is 38.3 Å². The van der Waals surface area contributed by atoms with E-state index >= 15 is 0 Å². The van der Waals surface area contributed by atoms with Gasteiger partial charge in [-0.1, -0.05) is 0 Å². The van der Waals surface area contributed by atoms with E-state index in [4.69, 9.17) is 16.3 Å². The van der Waals surface area contributed by atoms with Crippen LogP contribution in [0.25, 0.3) is 0 Å². The Hall–Kier alpha value is -0.280. The van der Waals surface area contributed by atoms with Crippen molar-refractivity contribution in [1.29, 1.82) is 0 Å². The third-order valence-corrected chi connectivity index (χ3v) is 1.72. The average molecular weight is 208 g/mol. The highest BCUT2D eigenvalue weighted by Gasteiger charge is 2.07. The van der Waals surface area contributed by atoms with Crippen molar-refractivity contribution in [3.8, 4) is 0 Å². The number of nitrogens with one attached hydrogen (secondary N) is 1. The van der Waals surface area contributed by atoms with Gasteiger partial charge in [0.25, 0.3) is 0 Å². The summed E-state index contributed by atoms with van der Waals surface area (Å²) in [6.45, 7) is 5.85. The summed E-state index contributed by atoms with van der Waals surface area (Å²) < 4.78 is 5.14. The molecule has 0 aliphatic carbocycles. The average Bonchev–Trinajstić information content (AvgIpc) is 2.01. The van der Waals surface area contributed by atoms with E-state index in [9.17, 15) is 4.79 Å². The molecule has 0 spiro atoms. The minimum Gasteiger partial charge on any atom is -0.369 e. The first kappa shape index (κ1) is 12.7. The van der Waals surface area contributed by atoms with E-state index in [1.54, 1.807) is 0 Å². The van der Waals surface area contributed by atoms with Gasteiger partial charge in [-0.05, 0) is 27.2 Å². The smallest absolute Gasteiger partial charge is 0.246 e. The van der Waals surface area contributed by atoms with E-state index in [1.165, 1.54) is 0 Å². The van der Waals surface area contributed by atoms with Crippen molar-refractivity contribution in [2.45, 2.75) is 39.3 Å². The van der Waals surface area contributed by atoms with Crippen molar-refractivity contribution in [3.63, 3.8) is 0 Å². The highest BCUT2D eigenvalue weighted by atomic mass is 35.5. The lowest BCUT2D eigenvalue weighted by atomic mass is 10.2. The van der Waals surface area contributed by atoms with Crippen LogP contribution in [0.1, 0.15) is 27.2 Å². The number of carbonyl (C=O) groups excluding carboxylic acids is 1. The molecule has 1 atom stereocenters. The Labute approximate surface area is 84.8 Å². The van der Waals surface area contributed by atoms with Crippen LogP contribution in [0.5, 0.6) is 0 Å². The molecule has 78 valence electrons. The lowest BCUT2D eigenvalue weighted by Crippen LogP contribution is -2.36. The first-order chi connectivity index (χ1) is 6.06. The van der Waals surface area contributed by atoms with Crippen LogP contribution in [0.4, 0.5) is 0 Å². The molecule has 1 unspecified atom stereocenters. The van der Waals surface area contributed by atoms with Gasteiger partial charge >= 0.3 is 0 Å². The predicted octanol–water partition coefficient (Wildman–Crippen LogP) is 1.54. The largest absolute Gasteiger partial charge is 0.369 e. The van der Waals surface area contributed by atoms with Crippen LogP contribution >= 0.6 is 11.6 Å². The summed E-state index contributed by atoms with van der Waals surface area (Å²) in [5.41, 5.74) is 0. The van der Waals surface area contributed by atoms with Gasteiger partial charge in [0.1, 0.15) is 6.61 Å². The molecular formula is C9H18ClNO2. The number of hydrogen-bond acceptors (Lipinski definition) is 2. The molecule has 0 aromatic carbocycles. The van der Waals surface area contributed by atoms with Gasteiger partial charge in [0.2, 0.25) is 5.91 Å². The van der Waals surface area contributed by atoms with Crippen molar-refractivity contribution in [2.75, 3.05) is 12.5 Å². The zero-order valence-electron chi connectivity index (χ0n) is 8.47. The van der Waals surface area contributed by atoms with Crippen LogP contribution in [0.3, 0.4) is 0 Å². The number of ether oxygens (including phenoxy) is 1. The monoisotopic (exact) mass is 207 g/mol. The second-order valence-corrected chi connectivity index (χ2v) is 3.68. The van der Waals surface area contributed by atoms with Gasteiger partial charge in [-0.3, -0.25) is 4.79 Å². The number of halogens is 1. The lowest BCUT2D eigenvalue weighted by Gasteiger charge is -2.13. The second kappa shape index (κ2) is 7.15. The fraction of sp³-hybridized carbons (Fsp3) is 0.889. The summed E-state index contributed by atoms with van der Waals surface area (Å²) in [6.07, 6.45) is 0.878. The van der Waals surface area contributed by atoms with Crippen LogP contribution in [0.2, 0.25) is 0 Å². The number of hydrogen-bond donors (Lipinski definition) is 1. The summed E-state index contributed by atoms with van der Waals surface area (Å²) in [5, 5.41) is 2.79. The molecule has 0 fully saturated rings. The van der Waals surface area contributed by atoms with Gasteiger partial charge in [-0.25, -0.2) is 0 Å². The highest BCUT2D eigenvalue weighted by molar-refractivity contribution is 6.17. The predicted molar refractivity (Wildman–Crippen MR) is 54.0 cm³/mol. The first-order valence-corrected chi connectivity index (χ1v) is 5.06. The van der Waals surface area contributed by atoms with Gasteiger partial charge in [0, 0.05) is 11.9 Å². The molecule has 0 aliphatic rings. The van der Waals surface area contributed by atoms with Gasteiger partial charge in [-0.15, -0.1) is 11.6 Å². The summed E-state index contributed by atoms with van der Waals surface area (Å²) in [7, 11) is 0. The fourth-order valence-corrected chi connectivity index (χ4v) is 1.12.